The highest BCUT2D eigenvalue weighted by Crippen LogP contribution is 2.38. The molecule has 5 heteroatoms. The van der Waals surface area contributed by atoms with Gasteiger partial charge in [-0.2, -0.15) is 0 Å². The summed E-state index contributed by atoms with van der Waals surface area (Å²) in [6.45, 7) is 0. The van der Waals surface area contributed by atoms with E-state index in [9.17, 15) is 4.79 Å². The van der Waals surface area contributed by atoms with Gasteiger partial charge in [0.25, 0.3) is 0 Å². The maximum Gasteiger partial charge on any atom is 0.160 e. The Labute approximate surface area is 153 Å². The summed E-state index contributed by atoms with van der Waals surface area (Å²) in [6, 6.07) is 4.66. The lowest BCUT2D eigenvalue weighted by molar-refractivity contribution is 0.112. The molecule has 0 aromatic carbocycles. The SMILES string of the molecule is NC=NC1CCCCC1.O=Cc1cc2c(C3CCCC3)ccnc2s1. The summed E-state index contributed by atoms with van der Waals surface area (Å²) in [5, 5.41) is 1.20. The van der Waals surface area contributed by atoms with Crippen LogP contribution in [0.15, 0.2) is 23.3 Å². The van der Waals surface area contributed by atoms with Crippen molar-refractivity contribution in [1.29, 1.82) is 0 Å². The summed E-state index contributed by atoms with van der Waals surface area (Å²) in [6.07, 6.45) is 16.0. The topological polar surface area (TPSA) is 68.3 Å². The molecule has 134 valence electrons. The number of aromatic nitrogens is 1. The summed E-state index contributed by atoms with van der Waals surface area (Å²) in [7, 11) is 0. The lowest BCUT2D eigenvalue weighted by atomic mass is 9.96. The average Bonchev–Trinajstić information content (AvgIpc) is 3.32. The lowest BCUT2D eigenvalue weighted by Crippen LogP contribution is -2.10. The summed E-state index contributed by atoms with van der Waals surface area (Å²) in [4.78, 5) is 21.1. The second-order valence-corrected chi connectivity index (χ2v) is 8.02. The molecule has 0 aliphatic heterocycles. The molecule has 2 aromatic heterocycles. The minimum Gasteiger partial charge on any atom is -0.390 e. The van der Waals surface area contributed by atoms with E-state index in [1.165, 1.54) is 86.4 Å². The van der Waals surface area contributed by atoms with Crippen LogP contribution >= 0.6 is 11.3 Å². The van der Waals surface area contributed by atoms with Crippen LogP contribution in [0.4, 0.5) is 0 Å². The smallest absolute Gasteiger partial charge is 0.160 e. The van der Waals surface area contributed by atoms with E-state index in [0.29, 0.717) is 12.0 Å². The monoisotopic (exact) mass is 357 g/mol. The van der Waals surface area contributed by atoms with Crippen LogP contribution in [-0.4, -0.2) is 23.7 Å². The number of aliphatic imine (C=N–C) groups is 1. The van der Waals surface area contributed by atoms with Crippen molar-refractivity contribution < 1.29 is 4.79 Å². The molecule has 0 saturated heterocycles. The Morgan fingerprint density at radius 1 is 1.12 bits per heavy atom. The van der Waals surface area contributed by atoms with Gasteiger partial charge in [0.2, 0.25) is 0 Å². The highest BCUT2D eigenvalue weighted by atomic mass is 32.1. The van der Waals surface area contributed by atoms with E-state index in [1.54, 1.807) is 0 Å². The van der Waals surface area contributed by atoms with E-state index in [0.717, 1.165) is 16.0 Å². The number of carbonyl (C=O) groups excluding carboxylic acids is 1. The van der Waals surface area contributed by atoms with Crippen LogP contribution in [0, 0.1) is 0 Å². The fourth-order valence-electron chi connectivity index (χ4n) is 3.98. The van der Waals surface area contributed by atoms with Crippen molar-refractivity contribution in [3.8, 4) is 0 Å². The van der Waals surface area contributed by atoms with Crippen LogP contribution in [0.3, 0.4) is 0 Å². The number of fused-ring (bicyclic) bond motifs is 1. The van der Waals surface area contributed by atoms with Gasteiger partial charge in [-0.1, -0.05) is 32.1 Å². The molecule has 2 saturated carbocycles. The Kier molecular flexibility index (Phi) is 6.56. The Morgan fingerprint density at radius 3 is 2.52 bits per heavy atom. The molecule has 2 N–H and O–H groups in total. The van der Waals surface area contributed by atoms with Crippen LogP contribution in [-0.2, 0) is 0 Å². The Morgan fingerprint density at radius 2 is 1.84 bits per heavy atom. The molecule has 2 aliphatic carbocycles. The van der Waals surface area contributed by atoms with Gasteiger partial charge >= 0.3 is 0 Å². The molecule has 2 aliphatic rings. The highest BCUT2D eigenvalue weighted by Gasteiger charge is 2.20. The molecule has 25 heavy (non-hydrogen) atoms. The van der Waals surface area contributed by atoms with Crippen molar-refractivity contribution in [2.75, 3.05) is 0 Å². The average molecular weight is 358 g/mol. The lowest BCUT2D eigenvalue weighted by Gasteiger charge is -2.16. The van der Waals surface area contributed by atoms with Crippen LogP contribution < -0.4 is 5.73 Å². The predicted octanol–water partition coefficient (Wildman–Crippen LogP) is 5.07. The van der Waals surface area contributed by atoms with Gasteiger partial charge in [0, 0.05) is 11.6 Å². The minimum atomic E-state index is 0.545. The maximum atomic E-state index is 10.8. The summed E-state index contributed by atoms with van der Waals surface area (Å²) >= 11 is 1.49. The number of hydrogen-bond acceptors (Lipinski definition) is 4. The van der Waals surface area contributed by atoms with Gasteiger partial charge in [-0.3, -0.25) is 9.79 Å². The summed E-state index contributed by atoms with van der Waals surface area (Å²) in [5.41, 5.74) is 6.56. The van der Waals surface area contributed by atoms with E-state index >= 15 is 0 Å². The van der Waals surface area contributed by atoms with Gasteiger partial charge in [-0.05, 0) is 49.3 Å². The van der Waals surface area contributed by atoms with Gasteiger partial charge in [0.05, 0.1) is 17.3 Å². The third kappa shape index (κ3) is 4.66. The van der Waals surface area contributed by atoms with Crippen LogP contribution in [0.1, 0.15) is 78.9 Å². The number of nitrogens with two attached hydrogens (primary N) is 1. The zero-order valence-corrected chi connectivity index (χ0v) is 15.5. The number of nitrogens with zero attached hydrogens (tertiary/aromatic N) is 2. The molecule has 0 atom stereocenters. The number of thiophene rings is 1. The summed E-state index contributed by atoms with van der Waals surface area (Å²) in [5.74, 6) is 0.680. The first kappa shape index (κ1) is 18.1. The van der Waals surface area contributed by atoms with Crippen molar-refractivity contribution in [2.45, 2.75) is 69.7 Å². The molecule has 4 rings (SSSR count). The highest BCUT2D eigenvalue weighted by molar-refractivity contribution is 7.20. The Bertz CT molecular complexity index is 713. The van der Waals surface area contributed by atoms with Crippen molar-refractivity contribution >= 4 is 34.2 Å². The molecular formula is C20H27N3OS. The first-order valence-electron chi connectivity index (χ1n) is 9.39. The van der Waals surface area contributed by atoms with E-state index in [4.69, 9.17) is 5.73 Å². The standard InChI is InChI=1S/C13H13NOS.C7H14N2/c15-8-10-7-12-11(9-3-1-2-4-9)5-6-14-13(12)16-10;8-6-9-7-4-2-1-3-5-7/h5-9H,1-4H2;6-7H,1-5H2,(H2,8,9). The van der Waals surface area contributed by atoms with E-state index in [1.807, 2.05) is 12.3 Å². The fraction of sp³-hybridized carbons (Fsp3) is 0.550. The predicted molar refractivity (Wildman–Crippen MR) is 106 cm³/mol. The van der Waals surface area contributed by atoms with Crippen LogP contribution in [0.25, 0.3) is 10.2 Å². The van der Waals surface area contributed by atoms with E-state index in [2.05, 4.69) is 16.0 Å². The Hall–Kier alpha value is -1.75. The quantitative estimate of drug-likeness (QED) is 0.473. The molecule has 2 aromatic rings. The molecule has 0 radical (unpaired) electrons. The minimum absolute atomic E-state index is 0.545. The fourth-order valence-corrected chi connectivity index (χ4v) is 4.83. The molecule has 4 nitrogen and oxygen atoms in total. The molecule has 0 unspecified atom stereocenters. The third-order valence-corrected chi connectivity index (χ3v) is 6.24. The molecule has 2 fully saturated rings. The maximum absolute atomic E-state index is 10.8. The summed E-state index contributed by atoms with van der Waals surface area (Å²) < 4.78 is 0. The normalized spacial score (nSPS) is 19.2. The van der Waals surface area contributed by atoms with Crippen molar-refractivity contribution in [3.63, 3.8) is 0 Å². The van der Waals surface area contributed by atoms with Crippen LogP contribution in [0.2, 0.25) is 0 Å². The second kappa shape index (κ2) is 9.09. The molecule has 2 heterocycles. The van der Waals surface area contributed by atoms with Gasteiger partial charge in [0.1, 0.15) is 4.83 Å². The van der Waals surface area contributed by atoms with Gasteiger partial charge in [-0.25, -0.2) is 4.98 Å². The van der Waals surface area contributed by atoms with Crippen molar-refractivity contribution in [3.05, 3.63) is 28.8 Å². The molecule has 0 spiro atoms. The first-order valence-corrected chi connectivity index (χ1v) is 10.2. The van der Waals surface area contributed by atoms with Gasteiger partial charge < -0.3 is 5.73 Å². The van der Waals surface area contributed by atoms with E-state index < -0.39 is 0 Å². The third-order valence-electron chi connectivity index (χ3n) is 5.27. The van der Waals surface area contributed by atoms with E-state index in [-0.39, 0.29) is 0 Å². The molecular weight excluding hydrogens is 330 g/mol. The van der Waals surface area contributed by atoms with Crippen molar-refractivity contribution in [1.82, 2.24) is 4.98 Å². The van der Waals surface area contributed by atoms with Gasteiger partial charge in [-0.15, -0.1) is 11.3 Å². The number of rotatable bonds is 3. The molecule has 0 amide bonds. The molecule has 0 bridgehead atoms. The zero-order valence-electron chi connectivity index (χ0n) is 14.7. The number of carbonyl (C=O) groups is 1. The van der Waals surface area contributed by atoms with Crippen molar-refractivity contribution in [2.24, 2.45) is 10.7 Å². The number of hydrogen-bond donors (Lipinski definition) is 1. The largest absolute Gasteiger partial charge is 0.390 e. The number of aldehydes is 1. The second-order valence-electron chi connectivity index (χ2n) is 6.96. The van der Waals surface area contributed by atoms with Gasteiger partial charge in [0.15, 0.2) is 6.29 Å². The zero-order chi connectivity index (χ0) is 17.5. The first-order chi connectivity index (χ1) is 12.3. The Balaban J connectivity index is 0.000000173. The van der Waals surface area contributed by atoms with Crippen LogP contribution in [0.5, 0.6) is 0 Å². The number of pyridine rings is 1.